The van der Waals surface area contributed by atoms with Crippen LogP contribution in [0.3, 0.4) is 0 Å². The summed E-state index contributed by atoms with van der Waals surface area (Å²) in [6.45, 7) is -0.557. The van der Waals surface area contributed by atoms with Crippen molar-refractivity contribution in [3.63, 3.8) is 0 Å². The smallest absolute Gasteiger partial charge is 0.276 e. The fraction of sp³-hybridized carbons (Fsp3) is 0.219. The lowest BCUT2D eigenvalue weighted by Crippen LogP contribution is -2.56. The van der Waals surface area contributed by atoms with Gasteiger partial charge >= 0.3 is 0 Å². The maximum absolute atomic E-state index is 14.3. The van der Waals surface area contributed by atoms with E-state index >= 15 is 0 Å². The monoisotopic (exact) mass is 625 g/mol. The summed E-state index contributed by atoms with van der Waals surface area (Å²) in [4.78, 5) is 35.8. The summed E-state index contributed by atoms with van der Waals surface area (Å²) in [7, 11) is 0. The van der Waals surface area contributed by atoms with E-state index in [9.17, 15) is 40.2 Å². The van der Waals surface area contributed by atoms with Crippen LogP contribution in [0.25, 0.3) is 43.6 Å². The molecule has 8 N–H and O–H groups in total. The average molecular weight is 626 g/mol. The second-order valence-electron chi connectivity index (χ2n) is 11.5. The third kappa shape index (κ3) is 3.89. The van der Waals surface area contributed by atoms with Crippen molar-refractivity contribution in [1.82, 2.24) is 25.0 Å². The van der Waals surface area contributed by atoms with E-state index < -0.39 is 49.1 Å². The Morgan fingerprint density at radius 2 is 1.61 bits per heavy atom. The number of hydrazine groups is 1. The van der Waals surface area contributed by atoms with Crippen molar-refractivity contribution in [3.8, 4) is 11.5 Å². The van der Waals surface area contributed by atoms with Crippen LogP contribution in [0, 0.1) is 0 Å². The Labute approximate surface area is 258 Å². The van der Waals surface area contributed by atoms with Crippen LogP contribution in [-0.2, 0) is 11.3 Å². The van der Waals surface area contributed by atoms with Crippen molar-refractivity contribution in [2.45, 2.75) is 37.2 Å². The molecule has 1 saturated heterocycles. The first-order chi connectivity index (χ1) is 22.2. The highest BCUT2D eigenvalue weighted by Crippen LogP contribution is 2.47. The zero-order chi connectivity index (χ0) is 32.0. The van der Waals surface area contributed by atoms with Gasteiger partial charge in [0.1, 0.15) is 35.9 Å². The zero-order valence-corrected chi connectivity index (χ0v) is 23.8. The maximum atomic E-state index is 14.3. The van der Waals surface area contributed by atoms with Crippen molar-refractivity contribution in [2.24, 2.45) is 0 Å². The van der Waals surface area contributed by atoms with Crippen molar-refractivity contribution in [1.29, 1.82) is 0 Å². The third-order valence-electron chi connectivity index (χ3n) is 8.88. The Balaban J connectivity index is 1.47. The highest BCUT2D eigenvalue weighted by molar-refractivity contribution is 6.39. The first-order valence-electron chi connectivity index (χ1n) is 14.5. The molecular formula is C32H27N5O9. The van der Waals surface area contributed by atoms with Crippen LogP contribution in [0.1, 0.15) is 32.5 Å². The van der Waals surface area contributed by atoms with Gasteiger partial charge in [0.2, 0.25) is 0 Å². The summed E-state index contributed by atoms with van der Waals surface area (Å²) in [5, 5.41) is 65.9. The minimum Gasteiger partial charge on any atom is -0.508 e. The summed E-state index contributed by atoms with van der Waals surface area (Å²) < 4.78 is 7.47. The van der Waals surface area contributed by atoms with E-state index in [0.717, 1.165) is 10.6 Å². The van der Waals surface area contributed by atoms with Gasteiger partial charge in [0.05, 0.1) is 39.8 Å². The topological polar surface area (TPSA) is 214 Å². The molecule has 1 fully saturated rings. The van der Waals surface area contributed by atoms with Gasteiger partial charge in [-0.05, 0) is 35.9 Å². The molecule has 14 heteroatoms. The van der Waals surface area contributed by atoms with E-state index in [0.29, 0.717) is 32.6 Å². The molecule has 6 aromatic rings. The first kappa shape index (κ1) is 28.4. The molecule has 234 valence electrons. The molecule has 5 atom stereocenters. The van der Waals surface area contributed by atoms with E-state index in [-0.39, 0.29) is 40.2 Å². The van der Waals surface area contributed by atoms with Gasteiger partial charge in [-0.2, -0.15) is 0 Å². The summed E-state index contributed by atoms with van der Waals surface area (Å²) in [6, 6.07) is 12.4. The van der Waals surface area contributed by atoms with Gasteiger partial charge in [-0.25, -0.2) is 10.4 Å². The Bertz CT molecular complexity index is 2230. The highest BCUT2D eigenvalue weighted by atomic mass is 16.6. The number of aromatic hydroxyl groups is 2. The second-order valence-corrected chi connectivity index (χ2v) is 11.5. The number of phenolic OH excluding ortho intramolecular Hbond substituents is 2. The number of imide groups is 1. The number of aliphatic hydroxyl groups is 4. The van der Waals surface area contributed by atoms with Gasteiger partial charge in [-0.15, -0.1) is 0 Å². The molecule has 5 unspecified atom stereocenters. The van der Waals surface area contributed by atoms with Crippen molar-refractivity contribution in [3.05, 3.63) is 77.6 Å². The molecule has 0 aliphatic carbocycles. The molecule has 2 amide bonds. The normalized spacial score (nSPS) is 23.4. The molecular weight excluding hydrogens is 598 g/mol. The van der Waals surface area contributed by atoms with Crippen LogP contribution >= 0.6 is 0 Å². The summed E-state index contributed by atoms with van der Waals surface area (Å²) in [5.74, 6) is -1.46. The Morgan fingerprint density at radius 3 is 2.33 bits per heavy atom. The molecule has 0 radical (unpaired) electrons. The van der Waals surface area contributed by atoms with Gasteiger partial charge in [0.25, 0.3) is 11.8 Å². The highest BCUT2D eigenvalue weighted by Gasteiger charge is 2.47. The fourth-order valence-corrected chi connectivity index (χ4v) is 6.79. The molecule has 46 heavy (non-hydrogen) atoms. The molecule has 2 aliphatic rings. The molecule has 8 rings (SSSR count). The summed E-state index contributed by atoms with van der Waals surface area (Å²) >= 11 is 0. The second kappa shape index (κ2) is 10.2. The lowest BCUT2D eigenvalue weighted by atomic mass is 9.96. The van der Waals surface area contributed by atoms with Gasteiger partial charge < -0.3 is 44.9 Å². The van der Waals surface area contributed by atoms with E-state index in [2.05, 4.69) is 15.4 Å². The Morgan fingerprint density at radius 1 is 0.891 bits per heavy atom. The number of carbonyl (C=O) groups excluding carboxylic acids is 2. The molecule has 14 nitrogen and oxygen atoms in total. The number of hydrogen-bond donors (Lipinski definition) is 8. The molecule has 5 heterocycles. The molecule has 0 bridgehead atoms. The predicted octanol–water partition coefficient (Wildman–Crippen LogP) is 1.51. The number of aromatic amines is 1. The number of ether oxygens (including phenoxy) is 1. The number of aliphatic hydroxyl groups excluding tert-OH is 4. The number of nitrogens with zero attached hydrogens (tertiary/aromatic N) is 3. The number of H-pyrrole nitrogens is 1. The van der Waals surface area contributed by atoms with E-state index in [1.54, 1.807) is 36.7 Å². The summed E-state index contributed by atoms with van der Waals surface area (Å²) in [6.07, 6.45) is -4.54. The number of hydrogen-bond acceptors (Lipinski definition) is 11. The maximum Gasteiger partial charge on any atom is 0.276 e. The van der Waals surface area contributed by atoms with Crippen LogP contribution in [0.2, 0.25) is 0 Å². The van der Waals surface area contributed by atoms with Crippen LogP contribution in [0.5, 0.6) is 11.5 Å². The number of carbonyl (C=O) groups is 2. The number of pyridine rings is 1. The first-order valence-corrected chi connectivity index (χ1v) is 14.5. The lowest BCUT2D eigenvalue weighted by Gasteiger charge is -2.41. The van der Waals surface area contributed by atoms with Crippen LogP contribution in [0.15, 0.2) is 60.9 Å². The van der Waals surface area contributed by atoms with E-state index in [1.807, 2.05) is 0 Å². The summed E-state index contributed by atoms with van der Waals surface area (Å²) in [5.41, 5.74) is 5.16. The van der Waals surface area contributed by atoms with E-state index in [1.165, 1.54) is 28.8 Å². The number of fused-ring (bicyclic) bond motifs is 10. The van der Waals surface area contributed by atoms with Gasteiger partial charge in [-0.1, -0.05) is 6.07 Å². The van der Waals surface area contributed by atoms with Gasteiger partial charge in [0.15, 0.2) is 6.23 Å². The number of benzene rings is 3. The quantitative estimate of drug-likeness (QED) is 0.129. The van der Waals surface area contributed by atoms with Gasteiger partial charge in [0, 0.05) is 52.6 Å². The molecule has 0 saturated carbocycles. The van der Waals surface area contributed by atoms with Crippen LogP contribution in [0.4, 0.5) is 0 Å². The number of phenols is 2. The van der Waals surface area contributed by atoms with Crippen molar-refractivity contribution >= 4 is 55.4 Å². The largest absolute Gasteiger partial charge is 0.508 e. The molecule has 0 spiro atoms. The average Bonchev–Trinajstić information content (AvgIpc) is 3.66. The predicted molar refractivity (Wildman–Crippen MR) is 163 cm³/mol. The lowest BCUT2D eigenvalue weighted by molar-refractivity contribution is -0.249. The minimum absolute atomic E-state index is 0.0477. The van der Waals surface area contributed by atoms with Crippen LogP contribution < -0.4 is 5.43 Å². The molecule has 3 aromatic heterocycles. The SMILES string of the molecule is O=C1c2c(c3c4ccc(O)cc4n(C4OC(CO)C(O)C(O)C4O)c3c3[nH]c4cc(O)ccc4c23)C(=O)N1NCc1cccnc1. The minimum atomic E-state index is -1.72. The van der Waals surface area contributed by atoms with Crippen molar-refractivity contribution in [2.75, 3.05) is 6.61 Å². The molecule has 2 aliphatic heterocycles. The van der Waals surface area contributed by atoms with Crippen LogP contribution in [-0.4, -0.2) is 93.0 Å². The number of aromatic nitrogens is 3. The standard InChI is InChI=1S/C32H27N5O9/c38-12-20-27(41)28(42)29(43)32(46-20)36-19-9-15(40)4-6-17(19)22-24-23(21-16-5-3-14(39)8-18(16)35-25(21)26(22)36)30(44)37(31(24)45)34-11-13-2-1-7-33-10-13/h1-10,20,27-29,32,34-35,38-43H,11-12H2. The molecule has 3 aromatic carbocycles. The van der Waals surface area contributed by atoms with Crippen molar-refractivity contribution < 1.29 is 45.0 Å². The number of nitrogens with one attached hydrogen (secondary N) is 2. The third-order valence-corrected chi connectivity index (χ3v) is 8.88. The Hall–Kier alpha value is -5.09. The number of rotatable bonds is 5. The Kier molecular flexibility index (Phi) is 6.30. The zero-order valence-electron chi connectivity index (χ0n) is 23.8. The fourth-order valence-electron chi connectivity index (χ4n) is 6.79. The van der Waals surface area contributed by atoms with E-state index in [4.69, 9.17) is 4.74 Å². The number of amides is 2. The van der Waals surface area contributed by atoms with Gasteiger partial charge in [-0.3, -0.25) is 14.6 Å².